The van der Waals surface area contributed by atoms with Crippen molar-refractivity contribution in [3.05, 3.63) is 29.3 Å². The normalized spacial score (nSPS) is 25.2. The first-order chi connectivity index (χ1) is 10.9. The van der Waals surface area contributed by atoms with Crippen molar-refractivity contribution in [3.63, 3.8) is 0 Å². The number of amides is 1. The lowest BCUT2D eigenvalue weighted by atomic mass is 10.0. The van der Waals surface area contributed by atoms with Crippen LogP contribution in [-0.4, -0.2) is 51.4 Å². The molecule has 0 aromatic heterocycles. The van der Waals surface area contributed by atoms with Crippen LogP contribution in [0.15, 0.2) is 23.1 Å². The third-order valence-electron chi connectivity index (χ3n) is 4.76. The number of fused-ring (bicyclic) bond motifs is 1. The average molecular weight is 337 g/mol. The molecule has 0 radical (unpaired) electrons. The van der Waals surface area contributed by atoms with Gasteiger partial charge in [0.05, 0.1) is 4.90 Å². The Bertz CT molecular complexity index is 717. The number of carbonyl (C=O) groups is 1. The fourth-order valence-corrected chi connectivity index (χ4v) is 4.67. The smallest absolute Gasteiger partial charge is 0.251 e. The summed E-state index contributed by atoms with van der Waals surface area (Å²) < 4.78 is 28.1. The first-order valence-electron chi connectivity index (χ1n) is 8.06. The summed E-state index contributed by atoms with van der Waals surface area (Å²) in [6, 6.07) is 4.74. The summed E-state index contributed by atoms with van der Waals surface area (Å²) in [4.78, 5) is 14.3. The molecule has 0 spiro atoms. The van der Waals surface area contributed by atoms with E-state index in [4.69, 9.17) is 0 Å². The van der Waals surface area contributed by atoms with E-state index < -0.39 is 10.0 Å². The van der Waals surface area contributed by atoms with E-state index in [9.17, 15) is 13.2 Å². The lowest BCUT2D eigenvalue weighted by molar-refractivity contribution is 0.0945. The van der Waals surface area contributed by atoms with Gasteiger partial charge in [0.25, 0.3) is 5.91 Å². The third kappa shape index (κ3) is 3.27. The molecule has 2 aliphatic heterocycles. The molecule has 1 saturated heterocycles. The molecule has 1 fully saturated rings. The fraction of sp³-hybridized carbons (Fsp3) is 0.562. The minimum atomic E-state index is -3.62. The van der Waals surface area contributed by atoms with Crippen LogP contribution in [0.4, 0.5) is 0 Å². The highest BCUT2D eigenvalue weighted by Gasteiger charge is 2.32. The van der Waals surface area contributed by atoms with Gasteiger partial charge >= 0.3 is 0 Å². The van der Waals surface area contributed by atoms with E-state index in [1.165, 1.54) is 6.07 Å². The molecule has 0 saturated carbocycles. The van der Waals surface area contributed by atoms with E-state index in [0.29, 0.717) is 12.1 Å². The standard InChI is InChI=1S/C16H23N3O3S/c1-3-19-9-11(2)15(10-19)18-23(21,22)13-5-4-12-6-7-17-16(20)14(12)8-13/h4-5,8,11,15,18H,3,6-7,9-10H2,1-2H3,(H,17,20). The maximum atomic E-state index is 12.7. The topological polar surface area (TPSA) is 78.5 Å². The number of benzene rings is 1. The Morgan fingerprint density at radius 3 is 2.83 bits per heavy atom. The van der Waals surface area contributed by atoms with Gasteiger partial charge in [-0.25, -0.2) is 13.1 Å². The summed E-state index contributed by atoms with van der Waals surface area (Å²) in [5, 5.41) is 2.75. The number of likely N-dealkylation sites (N-methyl/N-ethyl adjacent to an activating group) is 1. The molecule has 3 rings (SSSR count). The first kappa shape index (κ1) is 16.4. The molecule has 2 heterocycles. The summed E-state index contributed by atoms with van der Waals surface area (Å²) in [6.07, 6.45) is 0.736. The SMILES string of the molecule is CCN1CC(C)C(NS(=O)(=O)c2ccc3c(c2)C(=O)NCC3)C1. The van der Waals surface area contributed by atoms with Gasteiger partial charge in [-0.1, -0.05) is 19.9 Å². The zero-order valence-corrected chi connectivity index (χ0v) is 14.3. The Balaban J connectivity index is 1.83. The molecule has 0 aliphatic carbocycles. The number of nitrogens with zero attached hydrogens (tertiary/aromatic N) is 1. The van der Waals surface area contributed by atoms with Crippen molar-refractivity contribution in [2.24, 2.45) is 5.92 Å². The number of rotatable bonds is 4. The number of nitrogens with one attached hydrogen (secondary N) is 2. The Labute approximate surface area is 137 Å². The van der Waals surface area contributed by atoms with Crippen molar-refractivity contribution in [3.8, 4) is 0 Å². The molecule has 1 amide bonds. The Morgan fingerprint density at radius 2 is 2.13 bits per heavy atom. The molecule has 126 valence electrons. The van der Waals surface area contributed by atoms with Crippen LogP contribution in [0.25, 0.3) is 0 Å². The number of likely N-dealkylation sites (tertiary alicyclic amines) is 1. The maximum Gasteiger partial charge on any atom is 0.251 e. The Morgan fingerprint density at radius 1 is 1.35 bits per heavy atom. The van der Waals surface area contributed by atoms with Crippen LogP contribution in [0.1, 0.15) is 29.8 Å². The van der Waals surface area contributed by atoms with Crippen LogP contribution in [0.2, 0.25) is 0 Å². The lowest BCUT2D eigenvalue weighted by Crippen LogP contribution is -2.40. The second kappa shape index (κ2) is 6.22. The first-order valence-corrected chi connectivity index (χ1v) is 9.55. The van der Waals surface area contributed by atoms with E-state index in [0.717, 1.165) is 31.6 Å². The predicted molar refractivity (Wildman–Crippen MR) is 87.9 cm³/mol. The second-order valence-corrected chi connectivity index (χ2v) is 8.10. The average Bonchev–Trinajstić information content (AvgIpc) is 2.87. The van der Waals surface area contributed by atoms with Crippen LogP contribution >= 0.6 is 0 Å². The summed E-state index contributed by atoms with van der Waals surface area (Å²) in [5.74, 6) is 0.0698. The number of sulfonamides is 1. The predicted octanol–water partition coefficient (Wildman–Crippen LogP) is 0.591. The molecule has 0 bridgehead atoms. The van der Waals surface area contributed by atoms with E-state index in [2.05, 4.69) is 28.8 Å². The summed E-state index contributed by atoms with van der Waals surface area (Å²) in [5.41, 5.74) is 1.37. The third-order valence-corrected chi connectivity index (χ3v) is 6.25. The highest BCUT2D eigenvalue weighted by atomic mass is 32.2. The van der Waals surface area contributed by atoms with Gasteiger partial charge in [-0.3, -0.25) is 4.79 Å². The molecule has 2 aliphatic rings. The lowest BCUT2D eigenvalue weighted by Gasteiger charge is -2.19. The van der Waals surface area contributed by atoms with Crippen molar-refractivity contribution in [1.82, 2.24) is 14.9 Å². The van der Waals surface area contributed by atoms with Gasteiger partial charge < -0.3 is 10.2 Å². The molecule has 1 aromatic carbocycles. The summed E-state index contributed by atoms with van der Waals surface area (Å²) >= 11 is 0. The van der Waals surface area contributed by atoms with Crippen molar-refractivity contribution >= 4 is 15.9 Å². The van der Waals surface area contributed by atoms with Gasteiger partial charge in [-0.15, -0.1) is 0 Å². The molecule has 23 heavy (non-hydrogen) atoms. The molecule has 2 unspecified atom stereocenters. The Hall–Kier alpha value is -1.44. The van der Waals surface area contributed by atoms with Gasteiger partial charge in [0.2, 0.25) is 10.0 Å². The largest absolute Gasteiger partial charge is 0.352 e. The molecule has 1 aromatic rings. The van der Waals surface area contributed by atoms with Crippen molar-refractivity contribution in [2.75, 3.05) is 26.2 Å². The van der Waals surface area contributed by atoms with Gasteiger partial charge in [0.1, 0.15) is 0 Å². The molecular formula is C16H23N3O3S. The maximum absolute atomic E-state index is 12.7. The number of hydrogen-bond donors (Lipinski definition) is 2. The molecule has 7 heteroatoms. The molecule has 2 atom stereocenters. The van der Waals surface area contributed by atoms with Gasteiger partial charge in [0, 0.05) is 31.2 Å². The monoisotopic (exact) mass is 337 g/mol. The number of hydrogen-bond acceptors (Lipinski definition) is 4. The highest BCUT2D eigenvalue weighted by Crippen LogP contribution is 2.22. The van der Waals surface area contributed by atoms with E-state index in [1.54, 1.807) is 12.1 Å². The Kier molecular flexibility index (Phi) is 4.44. The highest BCUT2D eigenvalue weighted by molar-refractivity contribution is 7.89. The summed E-state index contributed by atoms with van der Waals surface area (Å²) in [7, 11) is -3.62. The van der Waals surface area contributed by atoms with Crippen LogP contribution in [0.5, 0.6) is 0 Å². The molecule has 2 N–H and O–H groups in total. The zero-order valence-electron chi connectivity index (χ0n) is 13.5. The van der Waals surface area contributed by atoms with E-state index in [-0.39, 0.29) is 22.8 Å². The van der Waals surface area contributed by atoms with Gasteiger partial charge in [-0.05, 0) is 36.6 Å². The van der Waals surface area contributed by atoms with Gasteiger partial charge in [-0.2, -0.15) is 0 Å². The number of carbonyl (C=O) groups excluding carboxylic acids is 1. The minimum Gasteiger partial charge on any atom is -0.352 e. The van der Waals surface area contributed by atoms with Crippen LogP contribution in [0.3, 0.4) is 0 Å². The summed E-state index contributed by atoms with van der Waals surface area (Å²) in [6.45, 7) is 7.28. The minimum absolute atomic E-state index is 0.0928. The quantitative estimate of drug-likeness (QED) is 0.843. The second-order valence-electron chi connectivity index (χ2n) is 6.38. The van der Waals surface area contributed by atoms with Crippen molar-refractivity contribution < 1.29 is 13.2 Å². The van der Waals surface area contributed by atoms with Crippen LogP contribution < -0.4 is 10.0 Å². The van der Waals surface area contributed by atoms with E-state index >= 15 is 0 Å². The van der Waals surface area contributed by atoms with Crippen molar-refractivity contribution in [2.45, 2.75) is 31.2 Å². The molecule has 6 nitrogen and oxygen atoms in total. The van der Waals surface area contributed by atoms with E-state index in [1.807, 2.05) is 0 Å². The van der Waals surface area contributed by atoms with Crippen LogP contribution in [0, 0.1) is 5.92 Å². The fourth-order valence-electron chi connectivity index (χ4n) is 3.30. The zero-order chi connectivity index (χ0) is 16.6. The van der Waals surface area contributed by atoms with Gasteiger partial charge in [0.15, 0.2) is 0 Å². The molecular weight excluding hydrogens is 314 g/mol. The van der Waals surface area contributed by atoms with Crippen LogP contribution in [-0.2, 0) is 16.4 Å². The van der Waals surface area contributed by atoms with Crippen molar-refractivity contribution in [1.29, 1.82) is 0 Å².